The smallest absolute Gasteiger partial charge is 0.211 e. The topological polar surface area (TPSA) is 63.1 Å². The van der Waals surface area contributed by atoms with Crippen molar-refractivity contribution >= 4 is 28.8 Å². The largest absolute Gasteiger partial charge is 0.370 e. The molecular weight excluding hydrogens is 297 g/mol. The highest BCUT2D eigenvalue weighted by Crippen LogP contribution is 2.25. The molecule has 0 unspecified atom stereocenters. The van der Waals surface area contributed by atoms with Gasteiger partial charge in [-0.05, 0) is 30.7 Å². The normalized spacial score (nSPS) is 13.9. The fourth-order valence-electron chi connectivity index (χ4n) is 2.62. The summed E-state index contributed by atoms with van der Waals surface area (Å²) in [6, 6.07) is 6.34. The van der Waals surface area contributed by atoms with Gasteiger partial charge in [-0.25, -0.2) is 14.1 Å². The number of rotatable bonds is 4. The summed E-state index contributed by atoms with van der Waals surface area (Å²) in [6.45, 7) is 2.07. The van der Waals surface area contributed by atoms with Crippen molar-refractivity contribution in [1.29, 1.82) is 0 Å². The molecule has 116 valence electrons. The molecule has 0 aliphatic carbocycles. The van der Waals surface area contributed by atoms with Crippen LogP contribution in [0.4, 0.5) is 15.8 Å². The zero-order chi connectivity index (χ0) is 15.8. The second kappa shape index (κ2) is 5.35. The van der Waals surface area contributed by atoms with Gasteiger partial charge in [0.1, 0.15) is 11.5 Å². The Labute approximate surface area is 131 Å². The lowest BCUT2D eigenvalue weighted by Gasteiger charge is -2.32. The van der Waals surface area contributed by atoms with Crippen molar-refractivity contribution < 1.29 is 9.18 Å². The van der Waals surface area contributed by atoms with Crippen molar-refractivity contribution in [3.8, 4) is 5.69 Å². The molecule has 1 aliphatic heterocycles. The molecule has 1 fully saturated rings. The second-order valence-corrected chi connectivity index (χ2v) is 5.45. The van der Waals surface area contributed by atoms with Gasteiger partial charge in [-0.1, -0.05) is 0 Å². The Bertz CT molecular complexity index is 887. The Kier molecular flexibility index (Phi) is 3.18. The van der Waals surface area contributed by atoms with Crippen LogP contribution in [-0.2, 0) is 4.79 Å². The van der Waals surface area contributed by atoms with Gasteiger partial charge in [0, 0.05) is 30.4 Å². The average molecular weight is 311 g/mol. The number of halogens is 1. The number of hydrogen-bond acceptors (Lipinski definition) is 4. The number of carbonyl (C=O) groups is 1. The third kappa shape index (κ3) is 2.40. The minimum Gasteiger partial charge on any atom is -0.370 e. The summed E-state index contributed by atoms with van der Waals surface area (Å²) in [5, 5.41) is 7.68. The van der Waals surface area contributed by atoms with Crippen molar-refractivity contribution in [2.45, 2.75) is 6.42 Å². The van der Waals surface area contributed by atoms with Crippen LogP contribution in [0.3, 0.4) is 0 Å². The first-order valence-corrected chi connectivity index (χ1v) is 7.35. The van der Waals surface area contributed by atoms with E-state index in [1.165, 1.54) is 29.3 Å². The second-order valence-electron chi connectivity index (χ2n) is 5.45. The number of fused-ring (bicyclic) bond motifs is 1. The lowest BCUT2D eigenvalue weighted by atomic mass is 10.2. The molecule has 0 spiro atoms. The number of hydrogen-bond donors (Lipinski definition) is 1. The maximum Gasteiger partial charge on any atom is 0.211 e. The fourth-order valence-corrected chi connectivity index (χ4v) is 2.62. The molecule has 1 aromatic carbocycles. The van der Waals surface area contributed by atoms with Crippen LogP contribution < -0.4 is 10.2 Å². The molecule has 0 atom stereocenters. The third-order valence-corrected chi connectivity index (χ3v) is 3.98. The van der Waals surface area contributed by atoms with E-state index in [0.29, 0.717) is 17.7 Å². The number of pyridine rings is 1. The summed E-state index contributed by atoms with van der Waals surface area (Å²) in [5.41, 5.74) is 2.38. The quantitative estimate of drug-likeness (QED) is 0.751. The molecule has 0 saturated carbocycles. The van der Waals surface area contributed by atoms with Gasteiger partial charge >= 0.3 is 0 Å². The molecule has 23 heavy (non-hydrogen) atoms. The van der Waals surface area contributed by atoms with Gasteiger partial charge in [0.15, 0.2) is 5.65 Å². The van der Waals surface area contributed by atoms with Crippen LogP contribution in [0.1, 0.15) is 6.42 Å². The minimum absolute atomic E-state index is 0.264. The van der Waals surface area contributed by atoms with Crippen LogP contribution >= 0.6 is 0 Å². The molecule has 1 aliphatic rings. The summed E-state index contributed by atoms with van der Waals surface area (Å²) in [5.74, 6) is -0.419. The number of nitrogens with zero attached hydrogens (tertiary/aromatic N) is 4. The first-order chi connectivity index (χ1) is 11.2. The van der Waals surface area contributed by atoms with Gasteiger partial charge in [0.25, 0.3) is 0 Å². The summed E-state index contributed by atoms with van der Waals surface area (Å²) in [4.78, 5) is 17.1. The van der Waals surface area contributed by atoms with E-state index >= 15 is 0 Å². The van der Waals surface area contributed by atoms with Gasteiger partial charge in [-0.15, -0.1) is 5.10 Å². The number of aromatic nitrogens is 3. The molecule has 1 N–H and O–H groups in total. The van der Waals surface area contributed by atoms with Crippen molar-refractivity contribution in [3.63, 3.8) is 0 Å². The number of anilines is 2. The van der Waals surface area contributed by atoms with E-state index in [9.17, 15) is 9.18 Å². The molecule has 3 aromatic rings. The van der Waals surface area contributed by atoms with Crippen molar-refractivity contribution in [3.05, 3.63) is 42.5 Å². The van der Waals surface area contributed by atoms with E-state index in [1.807, 2.05) is 6.07 Å². The van der Waals surface area contributed by atoms with Crippen LogP contribution in [-0.4, -0.2) is 34.3 Å². The summed E-state index contributed by atoms with van der Waals surface area (Å²) in [7, 11) is 0. The van der Waals surface area contributed by atoms with E-state index in [0.717, 1.165) is 24.2 Å². The monoisotopic (exact) mass is 311 g/mol. The van der Waals surface area contributed by atoms with E-state index in [1.54, 1.807) is 12.4 Å². The van der Waals surface area contributed by atoms with Crippen LogP contribution in [0.5, 0.6) is 0 Å². The van der Waals surface area contributed by atoms with Gasteiger partial charge in [0.2, 0.25) is 6.41 Å². The summed E-state index contributed by atoms with van der Waals surface area (Å²) in [6.07, 6.45) is 5.28. The minimum atomic E-state index is -0.419. The van der Waals surface area contributed by atoms with Crippen LogP contribution in [0.15, 0.2) is 36.7 Å². The van der Waals surface area contributed by atoms with E-state index < -0.39 is 5.82 Å². The Morgan fingerprint density at radius 1 is 1.26 bits per heavy atom. The molecule has 1 amide bonds. The van der Waals surface area contributed by atoms with Crippen molar-refractivity contribution in [1.82, 2.24) is 14.8 Å². The van der Waals surface area contributed by atoms with Crippen molar-refractivity contribution in [2.24, 2.45) is 0 Å². The van der Waals surface area contributed by atoms with E-state index in [2.05, 4.69) is 20.3 Å². The van der Waals surface area contributed by atoms with Crippen LogP contribution in [0.2, 0.25) is 0 Å². The van der Waals surface area contributed by atoms with Crippen LogP contribution in [0.25, 0.3) is 16.7 Å². The Balaban J connectivity index is 1.76. The SMILES string of the molecule is O=CNc1ccc(F)c(-n2cc3cc(N4CCC4)cnc3n2)c1. The maximum atomic E-state index is 14.1. The molecule has 4 rings (SSSR count). The molecular formula is C16H14FN5O. The van der Waals surface area contributed by atoms with Gasteiger partial charge in [-0.3, -0.25) is 4.79 Å². The first kappa shape index (κ1) is 13.7. The number of carbonyl (C=O) groups excluding carboxylic acids is 1. The van der Waals surface area contributed by atoms with E-state index in [-0.39, 0.29) is 5.69 Å². The Morgan fingerprint density at radius 3 is 2.87 bits per heavy atom. The summed E-state index contributed by atoms with van der Waals surface area (Å²) < 4.78 is 15.5. The molecule has 3 heterocycles. The lowest BCUT2D eigenvalue weighted by Crippen LogP contribution is -2.36. The number of amides is 1. The van der Waals surface area contributed by atoms with E-state index in [4.69, 9.17) is 0 Å². The third-order valence-electron chi connectivity index (χ3n) is 3.98. The number of nitrogens with one attached hydrogen (secondary N) is 1. The predicted octanol–water partition coefficient (Wildman–Crippen LogP) is 2.34. The average Bonchev–Trinajstić information content (AvgIpc) is 2.91. The Hall–Kier alpha value is -2.96. The lowest BCUT2D eigenvalue weighted by molar-refractivity contribution is -0.105. The van der Waals surface area contributed by atoms with Gasteiger partial charge < -0.3 is 10.2 Å². The van der Waals surface area contributed by atoms with Gasteiger partial charge in [-0.2, -0.15) is 0 Å². The molecule has 0 radical (unpaired) electrons. The Morgan fingerprint density at radius 2 is 2.13 bits per heavy atom. The first-order valence-electron chi connectivity index (χ1n) is 7.35. The molecule has 0 bridgehead atoms. The fraction of sp³-hybridized carbons (Fsp3) is 0.188. The standard InChI is InChI=1S/C16H14FN5O/c17-14-3-2-12(19-10-23)7-15(14)22-9-11-6-13(21-4-1-5-21)8-18-16(11)20-22/h2-3,6-10H,1,4-5H2,(H,19,23). The highest BCUT2D eigenvalue weighted by Gasteiger charge is 2.16. The predicted molar refractivity (Wildman–Crippen MR) is 85.3 cm³/mol. The zero-order valence-corrected chi connectivity index (χ0v) is 12.2. The summed E-state index contributed by atoms with van der Waals surface area (Å²) >= 11 is 0. The highest BCUT2D eigenvalue weighted by molar-refractivity contribution is 5.79. The van der Waals surface area contributed by atoms with Crippen molar-refractivity contribution in [2.75, 3.05) is 23.3 Å². The maximum absolute atomic E-state index is 14.1. The number of benzene rings is 1. The molecule has 6 nitrogen and oxygen atoms in total. The molecule has 2 aromatic heterocycles. The van der Waals surface area contributed by atoms with Crippen LogP contribution in [0, 0.1) is 5.82 Å². The zero-order valence-electron chi connectivity index (χ0n) is 12.2. The molecule has 1 saturated heterocycles. The van der Waals surface area contributed by atoms with Gasteiger partial charge in [0.05, 0.1) is 11.9 Å². The highest BCUT2D eigenvalue weighted by atomic mass is 19.1. The molecule has 7 heteroatoms.